The molecule has 2 nitrogen and oxygen atoms in total. The smallest absolute Gasteiger partial charge is 0.106 e. The first kappa shape index (κ1) is 9.08. The molecule has 12 heavy (non-hydrogen) atoms. The summed E-state index contributed by atoms with van der Waals surface area (Å²) >= 11 is 0. The van der Waals surface area contributed by atoms with Gasteiger partial charge in [-0.2, -0.15) is 0 Å². The second-order valence-corrected chi connectivity index (χ2v) is 8.77. The first-order valence-electron chi connectivity index (χ1n) is 4.01. The zero-order chi connectivity index (χ0) is 9.19. The first-order chi connectivity index (χ1) is 5.55. The third-order valence-corrected chi connectivity index (χ3v) is 3.55. The van der Waals surface area contributed by atoms with E-state index in [2.05, 4.69) is 36.6 Å². The summed E-state index contributed by atoms with van der Waals surface area (Å²) in [6.07, 6.45) is 3.71. The molecule has 0 atom stereocenters. The van der Waals surface area contributed by atoms with Crippen molar-refractivity contribution in [2.24, 2.45) is 0 Å². The number of aromatic nitrogens is 2. The van der Waals surface area contributed by atoms with Gasteiger partial charge < -0.3 is 0 Å². The van der Waals surface area contributed by atoms with E-state index in [1.54, 1.807) is 6.33 Å². The highest BCUT2D eigenvalue weighted by molar-refractivity contribution is 6.88. The molecule has 1 heterocycles. The van der Waals surface area contributed by atoms with Gasteiger partial charge in [-0.15, -0.1) is 0 Å². The van der Waals surface area contributed by atoms with Crippen LogP contribution in [0.1, 0.15) is 6.92 Å². The van der Waals surface area contributed by atoms with Crippen LogP contribution in [0.2, 0.25) is 19.6 Å². The summed E-state index contributed by atoms with van der Waals surface area (Å²) in [5, 5.41) is 1.29. The highest BCUT2D eigenvalue weighted by Gasteiger charge is 2.20. The van der Waals surface area contributed by atoms with E-state index in [1.165, 1.54) is 5.32 Å². The van der Waals surface area contributed by atoms with Crippen molar-refractivity contribution < 1.29 is 0 Å². The molecule has 0 bridgehead atoms. The predicted molar refractivity (Wildman–Crippen MR) is 54.1 cm³/mol. The average Bonchev–Trinajstić information content (AvgIpc) is 2.34. The van der Waals surface area contributed by atoms with Gasteiger partial charge in [0.15, 0.2) is 0 Å². The lowest BCUT2D eigenvalue weighted by Crippen LogP contribution is -2.41. The molecule has 0 saturated heterocycles. The fraction of sp³-hybridized carbons (Fsp3) is 0.444. The van der Waals surface area contributed by atoms with Crippen molar-refractivity contribution in [3.8, 4) is 12.0 Å². The fourth-order valence-electron chi connectivity index (χ4n) is 1.06. The number of nitrogens with zero attached hydrogens (tertiary/aromatic N) is 2. The summed E-state index contributed by atoms with van der Waals surface area (Å²) in [5.41, 5.74) is 0. The van der Waals surface area contributed by atoms with Gasteiger partial charge in [0, 0.05) is 17.6 Å². The molecular weight excluding hydrogens is 164 g/mol. The lowest BCUT2D eigenvalue weighted by atomic mass is 10.7. The summed E-state index contributed by atoms with van der Waals surface area (Å²) in [7, 11) is -1.26. The van der Waals surface area contributed by atoms with Crippen LogP contribution in [0.5, 0.6) is 0 Å². The maximum atomic E-state index is 4.10. The van der Waals surface area contributed by atoms with Crippen molar-refractivity contribution in [1.29, 1.82) is 0 Å². The molecule has 0 unspecified atom stereocenters. The third kappa shape index (κ3) is 1.77. The summed E-state index contributed by atoms with van der Waals surface area (Å²) in [5.74, 6) is 2.88. The standard InChI is InChI=1S/C9H14N2Si/c1-5-6-11-8-10-7-9(11)12(2,3)4/h7-8H,1-4H3. The maximum absolute atomic E-state index is 4.10. The van der Waals surface area contributed by atoms with Gasteiger partial charge in [-0.3, -0.25) is 4.57 Å². The number of hydrogen-bond acceptors (Lipinski definition) is 1. The molecule has 0 aliphatic rings. The van der Waals surface area contributed by atoms with Crippen LogP contribution < -0.4 is 5.32 Å². The highest BCUT2D eigenvalue weighted by Crippen LogP contribution is 2.00. The minimum absolute atomic E-state index is 1.26. The highest BCUT2D eigenvalue weighted by atomic mass is 28.3. The third-order valence-electron chi connectivity index (χ3n) is 1.64. The molecule has 0 N–H and O–H groups in total. The molecule has 0 spiro atoms. The van der Waals surface area contributed by atoms with Crippen LogP contribution in [0.15, 0.2) is 12.5 Å². The van der Waals surface area contributed by atoms with Crippen molar-refractivity contribution in [2.45, 2.75) is 26.6 Å². The Morgan fingerprint density at radius 2 is 2.08 bits per heavy atom. The van der Waals surface area contributed by atoms with E-state index in [9.17, 15) is 0 Å². The van der Waals surface area contributed by atoms with Crippen LogP contribution in [0.25, 0.3) is 0 Å². The second kappa shape index (κ2) is 3.16. The van der Waals surface area contributed by atoms with E-state index < -0.39 is 8.07 Å². The van der Waals surface area contributed by atoms with E-state index >= 15 is 0 Å². The van der Waals surface area contributed by atoms with Crippen LogP contribution in [0.3, 0.4) is 0 Å². The maximum Gasteiger partial charge on any atom is 0.106 e. The van der Waals surface area contributed by atoms with Crippen LogP contribution in [0, 0.1) is 12.0 Å². The minimum atomic E-state index is -1.26. The normalized spacial score (nSPS) is 10.7. The quantitative estimate of drug-likeness (QED) is 0.467. The van der Waals surface area contributed by atoms with Crippen molar-refractivity contribution in [2.75, 3.05) is 0 Å². The lowest BCUT2D eigenvalue weighted by Gasteiger charge is -2.14. The molecule has 1 rings (SSSR count). The molecule has 1 aromatic rings. The number of imidazole rings is 1. The Morgan fingerprint density at radius 3 is 2.58 bits per heavy atom. The Bertz CT molecular complexity index is 322. The van der Waals surface area contributed by atoms with Crippen molar-refractivity contribution in [3.05, 3.63) is 12.5 Å². The Hall–Kier alpha value is -1.01. The Labute approximate surface area is 74.6 Å². The zero-order valence-corrected chi connectivity index (χ0v) is 9.05. The molecule has 1 aromatic heterocycles. The molecule has 0 aliphatic carbocycles. The monoisotopic (exact) mass is 178 g/mol. The van der Waals surface area contributed by atoms with Crippen LogP contribution >= 0.6 is 0 Å². The van der Waals surface area contributed by atoms with Gasteiger partial charge in [0.05, 0.1) is 0 Å². The largest absolute Gasteiger partial charge is 0.266 e. The van der Waals surface area contributed by atoms with Gasteiger partial charge in [0.25, 0.3) is 0 Å². The topological polar surface area (TPSA) is 17.8 Å². The summed E-state index contributed by atoms with van der Waals surface area (Å²) in [6.45, 7) is 8.71. The number of rotatable bonds is 1. The van der Waals surface area contributed by atoms with E-state index in [4.69, 9.17) is 0 Å². The molecule has 0 aromatic carbocycles. The van der Waals surface area contributed by atoms with Crippen molar-refractivity contribution >= 4 is 13.4 Å². The number of hydrogen-bond donors (Lipinski definition) is 0. The average molecular weight is 178 g/mol. The van der Waals surface area contributed by atoms with E-state index in [0.717, 1.165) is 0 Å². The minimum Gasteiger partial charge on any atom is -0.266 e. The SMILES string of the molecule is CC#Cn1cncc1[Si](C)(C)C. The van der Waals surface area contributed by atoms with Gasteiger partial charge in [0.2, 0.25) is 0 Å². The lowest BCUT2D eigenvalue weighted by molar-refractivity contribution is 1.13. The summed E-state index contributed by atoms with van der Waals surface area (Å²) < 4.78 is 1.94. The van der Waals surface area contributed by atoms with Crippen LogP contribution in [-0.4, -0.2) is 17.6 Å². The van der Waals surface area contributed by atoms with E-state index in [-0.39, 0.29) is 0 Å². The van der Waals surface area contributed by atoms with Crippen LogP contribution in [0.4, 0.5) is 0 Å². The van der Waals surface area contributed by atoms with Gasteiger partial charge in [0.1, 0.15) is 14.4 Å². The Kier molecular flexibility index (Phi) is 2.39. The molecule has 0 aliphatic heterocycles. The van der Waals surface area contributed by atoms with Gasteiger partial charge in [-0.25, -0.2) is 4.98 Å². The summed E-state index contributed by atoms with van der Waals surface area (Å²) in [6, 6.07) is 3.00. The molecular formula is C9H14N2Si. The molecule has 0 fully saturated rings. The molecule has 0 amide bonds. The van der Waals surface area contributed by atoms with Crippen molar-refractivity contribution in [3.63, 3.8) is 0 Å². The Balaban J connectivity index is 3.13. The molecule has 64 valence electrons. The first-order valence-corrected chi connectivity index (χ1v) is 7.51. The fourth-order valence-corrected chi connectivity index (χ4v) is 2.36. The Morgan fingerprint density at radius 1 is 1.42 bits per heavy atom. The predicted octanol–water partition coefficient (Wildman–Crippen LogP) is 1.26. The van der Waals surface area contributed by atoms with Crippen molar-refractivity contribution in [1.82, 2.24) is 9.55 Å². The molecule has 3 heteroatoms. The zero-order valence-electron chi connectivity index (χ0n) is 8.05. The van der Waals surface area contributed by atoms with Gasteiger partial charge in [-0.1, -0.05) is 25.6 Å². The molecule has 0 radical (unpaired) electrons. The van der Waals surface area contributed by atoms with Gasteiger partial charge >= 0.3 is 0 Å². The molecule has 0 saturated carbocycles. The summed E-state index contributed by atoms with van der Waals surface area (Å²) in [4.78, 5) is 4.10. The van der Waals surface area contributed by atoms with Gasteiger partial charge in [-0.05, 0) is 6.92 Å². The van der Waals surface area contributed by atoms with E-state index in [1.807, 2.05) is 17.7 Å². The van der Waals surface area contributed by atoms with E-state index in [0.29, 0.717) is 0 Å². The second-order valence-electron chi connectivity index (χ2n) is 3.76. The van der Waals surface area contributed by atoms with Crippen LogP contribution in [-0.2, 0) is 0 Å².